The molecule has 110 valence electrons. The summed E-state index contributed by atoms with van der Waals surface area (Å²) in [5.41, 5.74) is 0. The molecule has 0 spiro atoms. The number of aromatic nitrogens is 2. The summed E-state index contributed by atoms with van der Waals surface area (Å²) in [4.78, 5) is 6.46. The maximum atomic E-state index is 4.28. The van der Waals surface area contributed by atoms with Gasteiger partial charge in [0.15, 0.2) is 5.96 Å². The first kappa shape index (κ1) is 18.2. The fourth-order valence-corrected chi connectivity index (χ4v) is 1.76. The molecular formula is C13H26IN5. The number of unbranched alkanes of at least 4 members (excludes halogenated alkanes) is 1. The summed E-state index contributed by atoms with van der Waals surface area (Å²) in [6.07, 6.45) is 7.25. The molecule has 0 fully saturated rings. The predicted octanol–water partition coefficient (Wildman–Crippen LogP) is 2.20. The molecule has 0 aliphatic rings. The Morgan fingerprint density at radius 3 is 2.79 bits per heavy atom. The highest BCUT2D eigenvalue weighted by atomic mass is 127. The number of rotatable bonds is 7. The molecule has 5 nitrogen and oxygen atoms in total. The Morgan fingerprint density at radius 2 is 2.21 bits per heavy atom. The van der Waals surface area contributed by atoms with Crippen molar-refractivity contribution in [1.29, 1.82) is 0 Å². The topological polar surface area (TPSA) is 45.5 Å². The Balaban J connectivity index is 0.00000324. The summed E-state index contributed by atoms with van der Waals surface area (Å²) < 4.78 is 1.95. The first-order valence-electron chi connectivity index (χ1n) is 6.67. The van der Waals surface area contributed by atoms with Crippen LogP contribution in [0.4, 0.5) is 0 Å². The minimum absolute atomic E-state index is 0. The molecular weight excluding hydrogens is 353 g/mol. The van der Waals surface area contributed by atoms with Crippen molar-refractivity contribution < 1.29 is 0 Å². The molecule has 0 atom stereocenters. The van der Waals surface area contributed by atoms with Crippen LogP contribution >= 0.6 is 24.0 Å². The fourth-order valence-electron chi connectivity index (χ4n) is 1.76. The van der Waals surface area contributed by atoms with Crippen LogP contribution in [0.15, 0.2) is 23.5 Å². The second kappa shape index (κ2) is 11.1. The third-order valence-electron chi connectivity index (χ3n) is 2.83. The van der Waals surface area contributed by atoms with Gasteiger partial charge in [-0.1, -0.05) is 13.3 Å². The molecule has 0 aliphatic heterocycles. The second-order valence-corrected chi connectivity index (χ2v) is 4.37. The van der Waals surface area contributed by atoms with Crippen LogP contribution in [0.25, 0.3) is 0 Å². The molecule has 6 heteroatoms. The minimum Gasteiger partial charge on any atom is -0.356 e. The molecule has 0 amide bonds. The van der Waals surface area contributed by atoms with Crippen LogP contribution < -0.4 is 5.32 Å². The van der Waals surface area contributed by atoms with E-state index in [1.807, 2.05) is 30.2 Å². The van der Waals surface area contributed by atoms with Crippen molar-refractivity contribution in [1.82, 2.24) is 20.0 Å². The SMILES string of the molecule is CCCCN(C)C(=NC)NCCCn1cccn1.I. The fraction of sp³-hybridized carbons (Fsp3) is 0.692. The minimum atomic E-state index is 0. The highest BCUT2D eigenvalue weighted by Gasteiger charge is 2.03. The van der Waals surface area contributed by atoms with Gasteiger partial charge in [-0.15, -0.1) is 24.0 Å². The third kappa shape index (κ3) is 7.39. The Bertz CT molecular complexity index is 337. The Morgan fingerprint density at radius 1 is 1.42 bits per heavy atom. The first-order chi connectivity index (χ1) is 8.77. The number of hydrogen-bond acceptors (Lipinski definition) is 2. The molecule has 1 aromatic heterocycles. The van der Waals surface area contributed by atoms with E-state index < -0.39 is 0 Å². The van der Waals surface area contributed by atoms with Gasteiger partial charge in [0, 0.05) is 46.1 Å². The van der Waals surface area contributed by atoms with E-state index in [4.69, 9.17) is 0 Å². The second-order valence-electron chi connectivity index (χ2n) is 4.37. The van der Waals surface area contributed by atoms with E-state index in [-0.39, 0.29) is 24.0 Å². The van der Waals surface area contributed by atoms with E-state index in [0.717, 1.165) is 32.0 Å². The molecule has 0 saturated heterocycles. The summed E-state index contributed by atoms with van der Waals surface area (Å²) in [5, 5.41) is 7.55. The van der Waals surface area contributed by atoms with Gasteiger partial charge in [-0.25, -0.2) is 0 Å². The quantitative estimate of drug-likeness (QED) is 0.342. The lowest BCUT2D eigenvalue weighted by Gasteiger charge is -2.21. The number of guanidine groups is 1. The maximum absolute atomic E-state index is 4.28. The molecule has 19 heavy (non-hydrogen) atoms. The maximum Gasteiger partial charge on any atom is 0.193 e. The van der Waals surface area contributed by atoms with E-state index in [1.165, 1.54) is 12.8 Å². The van der Waals surface area contributed by atoms with Crippen LogP contribution in [0.3, 0.4) is 0 Å². The molecule has 0 unspecified atom stereocenters. The lowest BCUT2D eigenvalue weighted by Crippen LogP contribution is -2.39. The van der Waals surface area contributed by atoms with E-state index in [1.54, 1.807) is 0 Å². The van der Waals surface area contributed by atoms with Crippen molar-refractivity contribution in [2.75, 3.05) is 27.2 Å². The van der Waals surface area contributed by atoms with E-state index in [9.17, 15) is 0 Å². The molecule has 1 aromatic rings. The van der Waals surface area contributed by atoms with Crippen LogP contribution in [-0.2, 0) is 6.54 Å². The van der Waals surface area contributed by atoms with Gasteiger partial charge in [0.25, 0.3) is 0 Å². The van der Waals surface area contributed by atoms with Crippen molar-refractivity contribution >= 4 is 29.9 Å². The molecule has 0 bridgehead atoms. The van der Waals surface area contributed by atoms with Crippen molar-refractivity contribution in [3.8, 4) is 0 Å². The van der Waals surface area contributed by atoms with Crippen molar-refractivity contribution in [2.45, 2.75) is 32.7 Å². The number of aryl methyl sites for hydroxylation is 1. The Hall–Kier alpha value is -0.790. The molecule has 0 aliphatic carbocycles. The summed E-state index contributed by atoms with van der Waals surface area (Å²) >= 11 is 0. The van der Waals surface area contributed by atoms with Gasteiger partial charge >= 0.3 is 0 Å². The summed E-state index contributed by atoms with van der Waals surface area (Å²) in [6.45, 7) is 5.11. The number of hydrogen-bond donors (Lipinski definition) is 1. The van der Waals surface area contributed by atoms with Gasteiger partial charge in [-0.05, 0) is 18.9 Å². The van der Waals surface area contributed by atoms with Crippen molar-refractivity contribution in [2.24, 2.45) is 4.99 Å². The number of nitrogens with one attached hydrogen (secondary N) is 1. The van der Waals surface area contributed by atoms with Crippen LogP contribution in [0, 0.1) is 0 Å². The molecule has 1 N–H and O–H groups in total. The Kier molecular flexibility index (Phi) is 10.6. The van der Waals surface area contributed by atoms with Crippen LogP contribution in [0.1, 0.15) is 26.2 Å². The third-order valence-corrected chi connectivity index (χ3v) is 2.83. The average Bonchev–Trinajstić information content (AvgIpc) is 2.89. The first-order valence-corrected chi connectivity index (χ1v) is 6.67. The van der Waals surface area contributed by atoms with Gasteiger partial charge < -0.3 is 10.2 Å². The van der Waals surface area contributed by atoms with Crippen molar-refractivity contribution in [3.63, 3.8) is 0 Å². The summed E-state index contributed by atoms with van der Waals surface area (Å²) in [5.74, 6) is 0.976. The normalized spacial score (nSPS) is 11.0. The average molecular weight is 379 g/mol. The monoisotopic (exact) mass is 379 g/mol. The molecule has 0 aromatic carbocycles. The number of aliphatic imine (C=N–C) groups is 1. The van der Waals surface area contributed by atoms with E-state index in [0.29, 0.717) is 0 Å². The molecule has 0 radical (unpaired) electrons. The number of halogens is 1. The molecule has 0 saturated carbocycles. The van der Waals surface area contributed by atoms with Gasteiger partial charge in [-0.3, -0.25) is 9.67 Å². The van der Waals surface area contributed by atoms with Gasteiger partial charge in [-0.2, -0.15) is 5.10 Å². The summed E-state index contributed by atoms with van der Waals surface area (Å²) in [6, 6.07) is 1.95. The molecule has 1 heterocycles. The highest BCUT2D eigenvalue weighted by molar-refractivity contribution is 14.0. The van der Waals surface area contributed by atoms with Crippen LogP contribution in [0.5, 0.6) is 0 Å². The lowest BCUT2D eigenvalue weighted by atomic mass is 10.3. The number of nitrogens with zero attached hydrogens (tertiary/aromatic N) is 4. The summed E-state index contributed by atoms with van der Waals surface area (Å²) in [7, 11) is 3.91. The zero-order valence-corrected chi connectivity index (χ0v) is 14.5. The zero-order chi connectivity index (χ0) is 13.2. The highest BCUT2D eigenvalue weighted by Crippen LogP contribution is 1.93. The van der Waals surface area contributed by atoms with Gasteiger partial charge in [0.05, 0.1) is 0 Å². The van der Waals surface area contributed by atoms with Crippen molar-refractivity contribution in [3.05, 3.63) is 18.5 Å². The van der Waals surface area contributed by atoms with E-state index in [2.05, 4.69) is 34.3 Å². The smallest absolute Gasteiger partial charge is 0.193 e. The standard InChI is InChI=1S/C13H25N5.HI/c1-4-5-10-17(3)13(14-2)15-8-6-11-18-12-7-9-16-18;/h7,9,12H,4-6,8,10-11H2,1-3H3,(H,14,15);1H. The molecule has 1 rings (SSSR count). The predicted molar refractivity (Wildman–Crippen MR) is 91.2 cm³/mol. The van der Waals surface area contributed by atoms with Crippen LogP contribution in [0.2, 0.25) is 0 Å². The lowest BCUT2D eigenvalue weighted by molar-refractivity contribution is 0.460. The van der Waals surface area contributed by atoms with Gasteiger partial charge in [0.1, 0.15) is 0 Å². The van der Waals surface area contributed by atoms with Crippen LogP contribution in [-0.4, -0.2) is 47.8 Å². The Labute approximate surface area is 133 Å². The van der Waals surface area contributed by atoms with E-state index >= 15 is 0 Å². The zero-order valence-electron chi connectivity index (χ0n) is 12.2. The largest absolute Gasteiger partial charge is 0.356 e. The van der Waals surface area contributed by atoms with Gasteiger partial charge in [0.2, 0.25) is 0 Å².